The number of hydrogen-bond acceptors (Lipinski definition) is 7. The first-order chi connectivity index (χ1) is 12.6. The van der Waals surface area contributed by atoms with Crippen LogP contribution in [0.3, 0.4) is 0 Å². The molecule has 0 amide bonds. The highest BCUT2D eigenvalue weighted by atomic mass is 16.6. The summed E-state index contributed by atoms with van der Waals surface area (Å²) in [6.07, 6.45) is 0.828. The molecule has 1 saturated carbocycles. The number of allylic oxidation sites excluding steroid dienone is 2. The molecule has 0 spiro atoms. The van der Waals surface area contributed by atoms with Gasteiger partial charge in [0.2, 0.25) is 0 Å². The van der Waals surface area contributed by atoms with Crippen molar-refractivity contribution in [2.24, 2.45) is 17.8 Å². The fourth-order valence-electron chi connectivity index (χ4n) is 3.83. The van der Waals surface area contributed by atoms with Gasteiger partial charge in [0.25, 0.3) is 0 Å². The molecule has 1 saturated heterocycles. The Labute approximate surface area is 159 Å². The molecule has 0 aromatic carbocycles. The standard InChI is InChI=1S/C20H28O7/c1-6-8-15(22)20(25)12(5)14(21)9-13-11(4)19(24)26-16(13)17(20)27-18(23)10(3)7-2/h6-8,11-14,16-17,21,25H,9H2,1-5H3/b8-6+,10-7-/t11-,12+,13+,14-,16-,17+,20-/m1/s1. The summed E-state index contributed by atoms with van der Waals surface area (Å²) >= 11 is 0. The van der Waals surface area contributed by atoms with Gasteiger partial charge in [-0.15, -0.1) is 0 Å². The van der Waals surface area contributed by atoms with Gasteiger partial charge in [0.15, 0.2) is 17.5 Å². The molecule has 0 bridgehead atoms. The maximum Gasteiger partial charge on any atom is 0.333 e. The maximum atomic E-state index is 12.8. The van der Waals surface area contributed by atoms with Crippen molar-refractivity contribution in [1.29, 1.82) is 0 Å². The number of rotatable bonds is 4. The van der Waals surface area contributed by atoms with Crippen LogP contribution < -0.4 is 0 Å². The molecule has 7 heteroatoms. The Morgan fingerprint density at radius 2 is 1.93 bits per heavy atom. The van der Waals surface area contributed by atoms with Gasteiger partial charge in [0.1, 0.15) is 6.10 Å². The normalized spacial score (nSPS) is 39.7. The largest absolute Gasteiger partial charge is 0.458 e. The Morgan fingerprint density at radius 1 is 1.30 bits per heavy atom. The van der Waals surface area contributed by atoms with E-state index in [1.54, 1.807) is 33.8 Å². The summed E-state index contributed by atoms with van der Waals surface area (Å²) in [4.78, 5) is 37.4. The number of ketones is 1. The van der Waals surface area contributed by atoms with Gasteiger partial charge in [-0.25, -0.2) is 4.79 Å². The minimum Gasteiger partial charge on any atom is -0.458 e. The second-order valence-corrected chi connectivity index (χ2v) is 7.43. The third-order valence-corrected chi connectivity index (χ3v) is 5.91. The first kappa shape index (κ1) is 21.3. The van der Waals surface area contributed by atoms with Crippen LogP contribution in [-0.2, 0) is 23.9 Å². The Kier molecular flexibility index (Phi) is 6.27. The monoisotopic (exact) mass is 380 g/mol. The molecule has 1 aliphatic carbocycles. The van der Waals surface area contributed by atoms with Gasteiger partial charge in [0, 0.05) is 17.4 Å². The number of aliphatic hydroxyl groups is 2. The quantitative estimate of drug-likeness (QED) is 0.559. The second kappa shape index (κ2) is 7.94. The van der Waals surface area contributed by atoms with E-state index in [9.17, 15) is 24.6 Å². The lowest BCUT2D eigenvalue weighted by molar-refractivity contribution is -0.195. The number of aliphatic hydroxyl groups excluding tert-OH is 1. The molecular formula is C20H28O7. The average molecular weight is 380 g/mol. The predicted molar refractivity (Wildman–Crippen MR) is 96.4 cm³/mol. The van der Waals surface area contributed by atoms with Crippen molar-refractivity contribution in [1.82, 2.24) is 0 Å². The van der Waals surface area contributed by atoms with Crippen molar-refractivity contribution < 1.29 is 34.1 Å². The molecular weight excluding hydrogens is 352 g/mol. The summed E-state index contributed by atoms with van der Waals surface area (Å²) < 4.78 is 11.0. The number of carbonyl (C=O) groups is 3. The molecule has 150 valence electrons. The Hall–Kier alpha value is -1.99. The Bertz CT molecular complexity index is 680. The predicted octanol–water partition coefficient (Wildman–Crippen LogP) is 1.32. The zero-order valence-corrected chi connectivity index (χ0v) is 16.3. The van der Waals surface area contributed by atoms with E-state index in [1.807, 2.05) is 0 Å². The molecule has 0 aromatic rings. The highest BCUT2D eigenvalue weighted by Crippen LogP contribution is 2.45. The second-order valence-electron chi connectivity index (χ2n) is 7.43. The van der Waals surface area contributed by atoms with Crippen LogP contribution in [0.5, 0.6) is 0 Å². The van der Waals surface area contributed by atoms with Crippen molar-refractivity contribution >= 4 is 17.7 Å². The Balaban J connectivity index is 2.59. The highest BCUT2D eigenvalue weighted by Gasteiger charge is 2.63. The lowest BCUT2D eigenvalue weighted by Crippen LogP contribution is -2.61. The molecule has 1 heterocycles. The van der Waals surface area contributed by atoms with E-state index in [0.717, 1.165) is 0 Å². The van der Waals surface area contributed by atoms with E-state index in [-0.39, 0.29) is 6.42 Å². The van der Waals surface area contributed by atoms with Gasteiger partial charge in [-0.1, -0.05) is 26.0 Å². The molecule has 2 fully saturated rings. The zero-order chi connectivity index (χ0) is 20.5. The van der Waals surface area contributed by atoms with Crippen LogP contribution in [0.25, 0.3) is 0 Å². The molecule has 1 aliphatic heterocycles. The van der Waals surface area contributed by atoms with Crippen LogP contribution in [-0.4, -0.2) is 51.8 Å². The zero-order valence-electron chi connectivity index (χ0n) is 16.3. The van der Waals surface area contributed by atoms with Gasteiger partial charge in [-0.05, 0) is 33.3 Å². The maximum absolute atomic E-state index is 12.8. The number of ether oxygens (including phenoxy) is 2. The minimum atomic E-state index is -2.22. The molecule has 7 nitrogen and oxygen atoms in total. The molecule has 0 unspecified atom stereocenters. The van der Waals surface area contributed by atoms with E-state index in [2.05, 4.69) is 0 Å². The lowest BCUT2D eigenvalue weighted by Gasteiger charge is -2.39. The summed E-state index contributed by atoms with van der Waals surface area (Å²) in [6.45, 7) is 8.02. The van der Waals surface area contributed by atoms with E-state index in [4.69, 9.17) is 9.47 Å². The van der Waals surface area contributed by atoms with Crippen LogP contribution in [0.15, 0.2) is 23.8 Å². The van der Waals surface area contributed by atoms with Crippen molar-refractivity contribution in [2.45, 2.75) is 65.0 Å². The smallest absolute Gasteiger partial charge is 0.333 e. The van der Waals surface area contributed by atoms with E-state index in [0.29, 0.717) is 5.57 Å². The van der Waals surface area contributed by atoms with Gasteiger partial charge in [-0.3, -0.25) is 9.59 Å². The summed E-state index contributed by atoms with van der Waals surface area (Å²) in [5.74, 6) is -3.88. The molecule has 7 atom stereocenters. The number of esters is 2. The fraction of sp³-hybridized carbons (Fsp3) is 0.650. The van der Waals surface area contributed by atoms with Crippen molar-refractivity contribution in [3.63, 3.8) is 0 Å². The van der Waals surface area contributed by atoms with Gasteiger partial charge in [0.05, 0.1) is 12.0 Å². The SMILES string of the molecule is C/C=C(/C)C(=O)O[C@H]1[C@@H]2OC(=O)[C@H](C)[C@@H]2C[C@@H](O)[C@H](C)[C@@]1(O)C(=O)/C=C/C. The topological polar surface area (TPSA) is 110 Å². The molecule has 2 rings (SSSR count). The molecule has 27 heavy (non-hydrogen) atoms. The van der Waals surface area contributed by atoms with Crippen LogP contribution in [0.1, 0.15) is 41.0 Å². The summed E-state index contributed by atoms with van der Waals surface area (Å²) in [5.41, 5.74) is -1.93. The summed E-state index contributed by atoms with van der Waals surface area (Å²) in [6, 6.07) is 0. The first-order valence-electron chi connectivity index (χ1n) is 9.21. The van der Waals surface area contributed by atoms with Crippen LogP contribution >= 0.6 is 0 Å². The fourth-order valence-corrected chi connectivity index (χ4v) is 3.83. The highest BCUT2D eigenvalue weighted by molar-refractivity contribution is 5.98. The first-order valence-corrected chi connectivity index (χ1v) is 9.21. The average Bonchev–Trinajstić information content (AvgIpc) is 2.87. The van der Waals surface area contributed by atoms with Crippen molar-refractivity contribution in [3.8, 4) is 0 Å². The van der Waals surface area contributed by atoms with E-state index >= 15 is 0 Å². The van der Waals surface area contributed by atoms with E-state index in [1.165, 1.54) is 19.1 Å². The number of carbonyl (C=O) groups excluding carboxylic acids is 3. The van der Waals surface area contributed by atoms with Gasteiger partial charge in [-0.2, -0.15) is 0 Å². The summed E-state index contributed by atoms with van der Waals surface area (Å²) in [7, 11) is 0. The lowest BCUT2D eigenvalue weighted by atomic mass is 9.77. The Morgan fingerprint density at radius 3 is 2.48 bits per heavy atom. The van der Waals surface area contributed by atoms with Crippen LogP contribution in [0.2, 0.25) is 0 Å². The molecule has 0 aromatic heterocycles. The van der Waals surface area contributed by atoms with E-state index < -0.39 is 59.4 Å². The third kappa shape index (κ3) is 3.58. The molecule has 0 radical (unpaired) electrons. The summed E-state index contributed by atoms with van der Waals surface area (Å²) in [5, 5.41) is 22.0. The molecule has 2 aliphatic rings. The van der Waals surface area contributed by atoms with Gasteiger partial charge < -0.3 is 19.7 Å². The third-order valence-electron chi connectivity index (χ3n) is 5.91. The molecule has 2 N–H and O–H groups in total. The number of hydrogen-bond donors (Lipinski definition) is 2. The van der Waals surface area contributed by atoms with Crippen LogP contribution in [0.4, 0.5) is 0 Å². The van der Waals surface area contributed by atoms with Crippen LogP contribution in [0, 0.1) is 17.8 Å². The minimum absolute atomic E-state index is 0.154. The van der Waals surface area contributed by atoms with Crippen molar-refractivity contribution in [2.75, 3.05) is 0 Å². The number of fused-ring (bicyclic) bond motifs is 1. The van der Waals surface area contributed by atoms with Crippen molar-refractivity contribution in [3.05, 3.63) is 23.8 Å². The van der Waals surface area contributed by atoms with Gasteiger partial charge >= 0.3 is 11.9 Å².